The van der Waals surface area contributed by atoms with Crippen LogP contribution in [0.15, 0.2) is 70.9 Å². The molecular formula is C23H22N4O5S2. The number of rotatable bonds is 6. The van der Waals surface area contributed by atoms with Gasteiger partial charge in [-0.15, -0.1) is 11.3 Å². The van der Waals surface area contributed by atoms with E-state index in [0.29, 0.717) is 23.7 Å². The van der Waals surface area contributed by atoms with E-state index in [-0.39, 0.29) is 21.9 Å². The van der Waals surface area contributed by atoms with Crippen molar-refractivity contribution in [2.45, 2.75) is 17.7 Å². The molecule has 11 heteroatoms. The highest BCUT2D eigenvalue weighted by atomic mass is 32.2. The summed E-state index contributed by atoms with van der Waals surface area (Å²) >= 11 is 1.28. The van der Waals surface area contributed by atoms with Gasteiger partial charge in [0.2, 0.25) is 10.0 Å². The van der Waals surface area contributed by atoms with E-state index in [4.69, 9.17) is 0 Å². The highest BCUT2D eigenvalue weighted by molar-refractivity contribution is 7.89. The van der Waals surface area contributed by atoms with Gasteiger partial charge in [-0.3, -0.25) is 25.2 Å². The second kappa shape index (κ2) is 10.2. The van der Waals surface area contributed by atoms with Crippen LogP contribution in [-0.4, -0.2) is 43.5 Å². The minimum Gasteiger partial charge on any atom is -0.321 e. The predicted molar refractivity (Wildman–Crippen MR) is 128 cm³/mol. The predicted octanol–water partition coefficient (Wildman–Crippen LogP) is 2.86. The minimum atomic E-state index is -3.58. The van der Waals surface area contributed by atoms with Crippen molar-refractivity contribution in [3.8, 4) is 0 Å². The Morgan fingerprint density at radius 2 is 1.47 bits per heavy atom. The largest absolute Gasteiger partial charge is 0.321 e. The van der Waals surface area contributed by atoms with E-state index in [0.717, 1.165) is 12.8 Å². The number of nitrogens with one attached hydrogen (secondary N) is 3. The Balaban J connectivity index is 1.39. The van der Waals surface area contributed by atoms with Gasteiger partial charge in [-0.2, -0.15) is 4.31 Å². The van der Waals surface area contributed by atoms with E-state index >= 15 is 0 Å². The van der Waals surface area contributed by atoms with Crippen molar-refractivity contribution in [3.05, 3.63) is 82.0 Å². The van der Waals surface area contributed by atoms with Gasteiger partial charge >= 0.3 is 0 Å². The third-order valence-electron chi connectivity index (χ3n) is 5.27. The van der Waals surface area contributed by atoms with Gasteiger partial charge in [0.05, 0.1) is 21.0 Å². The minimum absolute atomic E-state index is 0.116. The summed E-state index contributed by atoms with van der Waals surface area (Å²) in [6, 6.07) is 15.4. The van der Waals surface area contributed by atoms with Crippen molar-refractivity contribution in [3.63, 3.8) is 0 Å². The van der Waals surface area contributed by atoms with E-state index in [9.17, 15) is 22.8 Å². The van der Waals surface area contributed by atoms with Crippen LogP contribution in [0.2, 0.25) is 0 Å². The molecule has 3 aromatic rings. The van der Waals surface area contributed by atoms with E-state index in [1.54, 1.807) is 35.7 Å². The van der Waals surface area contributed by atoms with Gasteiger partial charge in [-0.25, -0.2) is 8.42 Å². The quantitative estimate of drug-likeness (QED) is 0.451. The Labute approximate surface area is 200 Å². The van der Waals surface area contributed by atoms with Gasteiger partial charge in [0.25, 0.3) is 17.7 Å². The number of hydrogen-bond acceptors (Lipinski definition) is 6. The van der Waals surface area contributed by atoms with Gasteiger partial charge in [0.15, 0.2) is 0 Å². The molecular weight excluding hydrogens is 476 g/mol. The van der Waals surface area contributed by atoms with Gasteiger partial charge in [0.1, 0.15) is 0 Å². The summed E-state index contributed by atoms with van der Waals surface area (Å²) in [6.07, 6.45) is 1.67. The van der Waals surface area contributed by atoms with Crippen LogP contribution in [0.4, 0.5) is 5.69 Å². The summed E-state index contributed by atoms with van der Waals surface area (Å²) in [7, 11) is -3.58. The Hall–Kier alpha value is -3.54. The summed E-state index contributed by atoms with van der Waals surface area (Å²) in [5, 5.41) is 4.47. The highest BCUT2D eigenvalue weighted by Crippen LogP contribution is 2.21. The number of anilines is 1. The summed E-state index contributed by atoms with van der Waals surface area (Å²) < 4.78 is 26.6. The molecule has 1 aliphatic rings. The number of benzene rings is 2. The average molecular weight is 499 g/mol. The van der Waals surface area contributed by atoms with Crippen LogP contribution in [-0.2, 0) is 10.0 Å². The van der Waals surface area contributed by atoms with E-state index in [1.165, 1.54) is 46.0 Å². The third-order valence-corrected chi connectivity index (χ3v) is 8.06. The molecule has 34 heavy (non-hydrogen) atoms. The SMILES string of the molecule is O=C(NNC(=O)c1ccccc1NC(=O)c1cccs1)c1ccc(S(=O)(=O)N2CCCC2)cc1. The molecule has 0 atom stereocenters. The maximum Gasteiger partial charge on any atom is 0.271 e. The Morgan fingerprint density at radius 1 is 0.794 bits per heavy atom. The zero-order valence-corrected chi connectivity index (χ0v) is 19.6. The lowest BCUT2D eigenvalue weighted by Gasteiger charge is -2.15. The number of nitrogens with zero attached hydrogens (tertiary/aromatic N) is 1. The molecule has 0 unspecified atom stereocenters. The fourth-order valence-electron chi connectivity index (χ4n) is 3.49. The second-order valence-electron chi connectivity index (χ2n) is 7.52. The normalized spacial score (nSPS) is 13.9. The second-order valence-corrected chi connectivity index (χ2v) is 10.4. The molecule has 176 valence electrons. The number of sulfonamides is 1. The van der Waals surface area contributed by atoms with Crippen LogP contribution >= 0.6 is 11.3 Å². The van der Waals surface area contributed by atoms with Crippen LogP contribution in [0.3, 0.4) is 0 Å². The summed E-state index contributed by atoms with van der Waals surface area (Å²) in [6.45, 7) is 0.984. The van der Waals surface area contributed by atoms with Crippen molar-refractivity contribution in [2.24, 2.45) is 0 Å². The molecule has 0 saturated carbocycles. The molecule has 1 saturated heterocycles. The first-order chi connectivity index (χ1) is 16.4. The number of para-hydroxylation sites is 1. The molecule has 1 aliphatic heterocycles. The van der Waals surface area contributed by atoms with E-state index in [2.05, 4.69) is 16.2 Å². The number of carbonyl (C=O) groups is 3. The number of hydrazine groups is 1. The topological polar surface area (TPSA) is 125 Å². The average Bonchev–Trinajstić information content (AvgIpc) is 3.58. The Bertz CT molecular complexity index is 1300. The molecule has 4 rings (SSSR count). The molecule has 3 N–H and O–H groups in total. The molecule has 2 aromatic carbocycles. The lowest BCUT2D eigenvalue weighted by atomic mass is 10.1. The van der Waals surface area contributed by atoms with Crippen LogP contribution in [0, 0.1) is 0 Å². The number of amides is 3. The van der Waals surface area contributed by atoms with Crippen molar-refractivity contribution < 1.29 is 22.8 Å². The van der Waals surface area contributed by atoms with Crippen molar-refractivity contribution in [2.75, 3.05) is 18.4 Å². The first kappa shape index (κ1) is 23.6. The number of hydrogen-bond donors (Lipinski definition) is 3. The summed E-state index contributed by atoms with van der Waals surface area (Å²) in [5.41, 5.74) is 5.27. The van der Waals surface area contributed by atoms with Crippen LogP contribution in [0.1, 0.15) is 43.2 Å². The molecule has 9 nitrogen and oxygen atoms in total. The maximum atomic E-state index is 12.6. The van der Waals surface area contributed by atoms with Crippen LogP contribution in [0.5, 0.6) is 0 Å². The third kappa shape index (κ3) is 5.16. The molecule has 0 spiro atoms. The standard InChI is InChI=1S/C23H22N4O5S2/c28-21(16-9-11-17(12-10-16)34(31,32)27-13-3-4-14-27)25-26-22(29)18-6-1-2-7-19(18)24-23(30)20-8-5-15-33-20/h1-2,5-12,15H,3-4,13-14H2,(H,24,30)(H,25,28)(H,26,29). The van der Waals surface area contributed by atoms with Gasteiger partial charge < -0.3 is 5.32 Å². The molecule has 0 bridgehead atoms. The van der Waals surface area contributed by atoms with Crippen molar-refractivity contribution in [1.29, 1.82) is 0 Å². The summed E-state index contributed by atoms with van der Waals surface area (Å²) in [5.74, 6) is -1.58. The molecule has 0 aliphatic carbocycles. The Morgan fingerprint density at radius 3 is 2.15 bits per heavy atom. The fourth-order valence-corrected chi connectivity index (χ4v) is 5.63. The first-order valence-corrected chi connectivity index (χ1v) is 12.8. The fraction of sp³-hybridized carbons (Fsp3) is 0.174. The zero-order chi connectivity index (χ0) is 24.1. The maximum absolute atomic E-state index is 12.6. The zero-order valence-electron chi connectivity index (χ0n) is 18.0. The lowest BCUT2D eigenvalue weighted by Crippen LogP contribution is -2.42. The number of thiophene rings is 1. The van der Waals surface area contributed by atoms with Gasteiger partial charge in [0, 0.05) is 18.7 Å². The molecule has 1 aromatic heterocycles. The molecule has 2 heterocycles. The first-order valence-electron chi connectivity index (χ1n) is 10.5. The monoisotopic (exact) mass is 498 g/mol. The van der Waals surface area contributed by atoms with Gasteiger partial charge in [-0.1, -0.05) is 18.2 Å². The van der Waals surface area contributed by atoms with E-state index in [1.807, 2.05) is 0 Å². The lowest BCUT2D eigenvalue weighted by molar-refractivity contribution is 0.0847. The van der Waals surface area contributed by atoms with Crippen LogP contribution < -0.4 is 16.2 Å². The smallest absolute Gasteiger partial charge is 0.271 e. The van der Waals surface area contributed by atoms with Crippen molar-refractivity contribution >= 4 is 44.8 Å². The summed E-state index contributed by atoms with van der Waals surface area (Å²) in [4.78, 5) is 38.1. The highest BCUT2D eigenvalue weighted by Gasteiger charge is 2.27. The van der Waals surface area contributed by atoms with Crippen LogP contribution in [0.25, 0.3) is 0 Å². The van der Waals surface area contributed by atoms with E-state index < -0.39 is 21.8 Å². The van der Waals surface area contributed by atoms with Crippen molar-refractivity contribution in [1.82, 2.24) is 15.2 Å². The van der Waals surface area contributed by atoms with Gasteiger partial charge in [-0.05, 0) is 60.7 Å². The molecule has 1 fully saturated rings. The molecule has 3 amide bonds. The Kier molecular flexibility index (Phi) is 7.06. The number of carbonyl (C=O) groups excluding carboxylic acids is 3. The molecule has 0 radical (unpaired) electrons.